The summed E-state index contributed by atoms with van der Waals surface area (Å²) in [5, 5.41) is 18.5. The van der Waals surface area contributed by atoms with Crippen LogP contribution in [0.25, 0.3) is 5.69 Å². The van der Waals surface area contributed by atoms with Crippen molar-refractivity contribution in [1.29, 1.82) is 0 Å². The topological polar surface area (TPSA) is 127 Å². The van der Waals surface area contributed by atoms with Gasteiger partial charge in [-0.2, -0.15) is 9.40 Å². The fourth-order valence-electron chi connectivity index (χ4n) is 3.68. The number of nitrogens with zero attached hydrogens (tertiary/aromatic N) is 4. The van der Waals surface area contributed by atoms with Gasteiger partial charge < -0.3 is 5.32 Å². The first-order valence-electron chi connectivity index (χ1n) is 11.9. The van der Waals surface area contributed by atoms with Crippen LogP contribution in [0.15, 0.2) is 59.5 Å². The summed E-state index contributed by atoms with van der Waals surface area (Å²) in [5.41, 5.74) is 2.06. The Labute approximate surface area is 217 Å². The summed E-state index contributed by atoms with van der Waals surface area (Å²) in [6.45, 7) is 11.4. The highest BCUT2D eigenvalue weighted by atomic mass is 32.2. The molecular formula is C26H33N5O5S. The third-order valence-corrected chi connectivity index (χ3v) is 7.39. The summed E-state index contributed by atoms with van der Waals surface area (Å²) < 4.78 is 29.4. The summed E-state index contributed by atoms with van der Waals surface area (Å²) in [7, 11) is -4.08. The van der Waals surface area contributed by atoms with Crippen molar-refractivity contribution in [2.75, 3.05) is 18.4 Å². The lowest BCUT2D eigenvalue weighted by Crippen LogP contribution is -2.40. The van der Waals surface area contributed by atoms with Gasteiger partial charge in [0.15, 0.2) is 0 Å². The fourth-order valence-corrected chi connectivity index (χ4v) is 5.24. The van der Waals surface area contributed by atoms with E-state index >= 15 is 0 Å². The lowest BCUT2D eigenvalue weighted by atomic mass is 9.92. The number of non-ortho nitro benzene ring substituents is 1. The van der Waals surface area contributed by atoms with Gasteiger partial charge in [-0.1, -0.05) is 46.8 Å². The Balaban J connectivity index is 1.92. The number of nitro groups is 1. The Morgan fingerprint density at radius 1 is 1.14 bits per heavy atom. The molecule has 1 aromatic heterocycles. The van der Waals surface area contributed by atoms with Crippen molar-refractivity contribution in [3.8, 4) is 5.69 Å². The number of nitrogens with one attached hydrogen (secondary N) is 1. The third kappa shape index (κ3) is 6.80. The molecule has 0 radical (unpaired) electrons. The smallest absolute Gasteiger partial charge is 0.269 e. The van der Waals surface area contributed by atoms with E-state index in [1.54, 1.807) is 10.7 Å². The van der Waals surface area contributed by atoms with Crippen LogP contribution >= 0.6 is 0 Å². The van der Waals surface area contributed by atoms with Gasteiger partial charge in [0.05, 0.1) is 27.7 Å². The molecule has 11 heteroatoms. The van der Waals surface area contributed by atoms with Crippen LogP contribution in [0.3, 0.4) is 0 Å². The molecule has 37 heavy (non-hydrogen) atoms. The zero-order chi connectivity index (χ0) is 27.5. The molecule has 198 valence electrons. The molecule has 0 unspecified atom stereocenters. The average Bonchev–Trinajstić information content (AvgIpc) is 3.22. The Hall–Kier alpha value is -3.57. The number of amides is 1. The second-order valence-electron chi connectivity index (χ2n) is 10.4. The molecule has 0 atom stereocenters. The second-order valence-corrected chi connectivity index (χ2v) is 12.3. The van der Waals surface area contributed by atoms with Crippen molar-refractivity contribution in [3.05, 3.63) is 76.0 Å². The maximum absolute atomic E-state index is 13.4. The van der Waals surface area contributed by atoms with Crippen LogP contribution < -0.4 is 5.32 Å². The molecule has 0 aliphatic carbocycles. The van der Waals surface area contributed by atoms with E-state index in [9.17, 15) is 23.3 Å². The summed E-state index contributed by atoms with van der Waals surface area (Å²) in [4.78, 5) is 23.4. The average molecular weight is 528 g/mol. The number of benzene rings is 2. The molecule has 0 saturated carbocycles. The Bertz CT molecular complexity index is 1390. The molecule has 0 saturated heterocycles. The summed E-state index contributed by atoms with van der Waals surface area (Å²) in [5.74, 6) is -0.163. The number of rotatable bonds is 9. The van der Waals surface area contributed by atoms with Crippen molar-refractivity contribution in [1.82, 2.24) is 14.1 Å². The standard InChI is InChI=1S/C26H33N5O5S/c1-18(2)16-29(37(35,36)22-12-10-20(11-13-22)31(33)34)17-25(32)27-24-15-23(26(4,5)6)28-30(24)21-9-7-8-19(3)14-21/h7-15,18H,16-17H2,1-6H3,(H,27,32). The van der Waals surface area contributed by atoms with Gasteiger partial charge in [-0.15, -0.1) is 0 Å². The molecule has 3 rings (SSSR count). The quantitative estimate of drug-likeness (QED) is 0.318. The van der Waals surface area contributed by atoms with E-state index < -0.39 is 27.4 Å². The summed E-state index contributed by atoms with van der Waals surface area (Å²) in [6.07, 6.45) is 0. The van der Waals surface area contributed by atoms with Gasteiger partial charge in [0.25, 0.3) is 5.69 Å². The van der Waals surface area contributed by atoms with Crippen molar-refractivity contribution < 1.29 is 18.1 Å². The number of carbonyl (C=O) groups is 1. The van der Waals surface area contributed by atoms with E-state index in [0.717, 1.165) is 33.4 Å². The third-order valence-electron chi connectivity index (χ3n) is 5.57. The Morgan fingerprint density at radius 3 is 2.32 bits per heavy atom. The van der Waals surface area contributed by atoms with Gasteiger partial charge in [0.2, 0.25) is 15.9 Å². The molecule has 10 nitrogen and oxygen atoms in total. The van der Waals surface area contributed by atoms with Crippen molar-refractivity contribution >= 4 is 27.4 Å². The minimum absolute atomic E-state index is 0.0639. The molecule has 3 aromatic rings. The fraction of sp³-hybridized carbons (Fsp3) is 0.385. The van der Waals surface area contributed by atoms with E-state index in [0.29, 0.717) is 5.82 Å². The number of sulfonamides is 1. The van der Waals surface area contributed by atoms with E-state index in [1.165, 1.54) is 12.1 Å². The monoisotopic (exact) mass is 527 g/mol. The Morgan fingerprint density at radius 2 is 1.78 bits per heavy atom. The van der Waals surface area contributed by atoms with Gasteiger partial charge in [-0.3, -0.25) is 14.9 Å². The highest BCUT2D eigenvalue weighted by Gasteiger charge is 2.29. The zero-order valence-corrected chi connectivity index (χ0v) is 22.7. The lowest BCUT2D eigenvalue weighted by molar-refractivity contribution is -0.384. The number of aromatic nitrogens is 2. The van der Waals surface area contributed by atoms with Gasteiger partial charge in [-0.05, 0) is 42.7 Å². The number of anilines is 1. The summed E-state index contributed by atoms with van der Waals surface area (Å²) in [6, 6.07) is 14.1. The van der Waals surface area contributed by atoms with E-state index in [2.05, 4.69) is 5.32 Å². The van der Waals surface area contributed by atoms with Gasteiger partial charge in [-0.25, -0.2) is 13.1 Å². The minimum Gasteiger partial charge on any atom is -0.309 e. The molecule has 0 aliphatic heterocycles. The molecule has 0 aliphatic rings. The second kappa shape index (κ2) is 10.8. The number of nitro benzene ring substituents is 1. The van der Waals surface area contributed by atoms with Crippen LogP contribution in [-0.4, -0.2) is 46.4 Å². The normalized spacial score (nSPS) is 12.2. The molecule has 0 bridgehead atoms. The Kier molecular flexibility index (Phi) is 8.19. The predicted octanol–water partition coefficient (Wildman–Crippen LogP) is 4.67. The van der Waals surface area contributed by atoms with E-state index in [4.69, 9.17) is 5.10 Å². The highest BCUT2D eigenvalue weighted by Crippen LogP contribution is 2.27. The summed E-state index contributed by atoms with van der Waals surface area (Å²) >= 11 is 0. The SMILES string of the molecule is Cc1cccc(-n2nc(C(C)(C)C)cc2NC(=O)CN(CC(C)C)S(=O)(=O)c2ccc([N+](=O)[O-])cc2)c1. The van der Waals surface area contributed by atoms with Crippen LogP contribution in [0.2, 0.25) is 0 Å². The number of aryl methyl sites for hydroxylation is 1. The first-order valence-corrected chi connectivity index (χ1v) is 13.3. The van der Waals surface area contributed by atoms with E-state index in [-0.39, 0.29) is 28.5 Å². The molecule has 0 spiro atoms. The van der Waals surface area contributed by atoms with Crippen molar-refractivity contribution in [2.24, 2.45) is 5.92 Å². The van der Waals surface area contributed by atoms with Crippen LogP contribution in [0, 0.1) is 23.0 Å². The van der Waals surface area contributed by atoms with Crippen LogP contribution in [0.5, 0.6) is 0 Å². The largest absolute Gasteiger partial charge is 0.309 e. The molecule has 1 N–H and O–H groups in total. The molecule has 2 aromatic carbocycles. The molecule has 1 heterocycles. The maximum Gasteiger partial charge on any atom is 0.269 e. The molecule has 0 fully saturated rings. The number of hydrogen-bond donors (Lipinski definition) is 1. The molecular weight excluding hydrogens is 494 g/mol. The highest BCUT2D eigenvalue weighted by molar-refractivity contribution is 7.89. The first kappa shape index (κ1) is 28.0. The zero-order valence-electron chi connectivity index (χ0n) is 21.9. The van der Waals surface area contributed by atoms with Gasteiger partial charge in [0, 0.05) is 30.2 Å². The number of hydrogen-bond acceptors (Lipinski definition) is 6. The lowest BCUT2D eigenvalue weighted by Gasteiger charge is -2.23. The van der Waals surface area contributed by atoms with Crippen LogP contribution in [0.1, 0.15) is 45.9 Å². The maximum atomic E-state index is 13.4. The minimum atomic E-state index is -4.08. The van der Waals surface area contributed by atoms with Gasteiger partial charge in [0.1, 0.15) is 5.82 Å². The van der Waals surface area contributed by atoms with Crippen LogP contribution in [-0.2, 0) is 20.2 Å². The number of carbonyl (C=O) groups excluding carboxylic acids is 1. The molecule has 1 amide bonds. The van der Waals surface area contributed by atoms with E-state index in [1.807, 2.05) is 65.8 Å². The predicted molar refractivity (Wildman–Crippen MR) is 142 cm³/mol. The van der Waals surface area contributed by atoms with Crippen molar-refractivity contribution in [2.45, 2.75) is 51.9 Å². The van der Waals surface area contributed by atoms with Crippen molar-refractivity contribution in [3.63, 3.8) is 0 Å². The first-order chi connectivity index (χ1) is 17.2. The van der Waals surface area contributed by atoms with Crippen LogP contribution in [0.4, 0.5) is 11.5 Å². The van der Waals surface area contributed by atoms with Gasteiger partial charge >= 0.3 is 0 Å².